The predicted octanol–water partition coefficient (Wildman–Crippen LogP) is 0.766. The van der Waals surface area contributed by atoms with Crippen molar-refractivity contribution in [1.82, 2.24) is 15.1 Å². The molecule has 1 N–H and O–H groups in total. The number of nitrogens with zero attached hydrogens (tertiary/aromatic N) is 2. The van der Waals surface area contributed by atoms with Crippen molar-refractivity contribution in [1.29, 1.82) is 0 Å². The van der Waals surface area contributed by atoms with Crippen LogP contribution in [0.1, 0.15) is 25.7 Å². The lowest BCUT2D eigenvalue weighted by Gasteiger charge is -2.35. The third kappa shape index (κ3) is 2.76. The molecule has 1 aliphatic carbocycles. The Morgan fingerprint density at radius 1 is 1.00 bits per heavy atom. The van der Waals surface area contributed by atoms with Gasteiger partial charge in [-0.2, -0.15) is 0 Å². The highest BCUT2D eigenvalue weighted by molar-refractivity contribution is 4.87. The molecule has 1 atom stereocenters. The summed E-state index contributed by atoms with van der Waals surface area (Å²) in [7, 11) is 0. The molecule has 0 amide bonds. The van der Waals surface area contributed by atoms with E-state index in [9.17, 15) is 0 Å². The number of hydrogen-bond acceptors (Lipinski definition) is 3. The van der Waals surface area contributed by atoms with Gasteiger partial charge in [-0.05, 0) is 51.2 Å². The first-order valence-corrected chi connectivity index (χ1v) is 7.09. The van der Waals surface area contributed by atoms with E-state index in [1.54, 1.807) is 0 Å². The summed E-state index contributed by atoms with van der Waals surface area (Å²) in [6, 6.07) is 0.973. The summed E-state index contributed by atoms with van der Waals surface area (Å²) >= 11 is 0. The molecule has 0 aromatic carbocycles. The Balaban J connectivity index is 1.33. The van der Waals surface area contributed by atoms with Crippen molar-refractivity contribution in [3.63, 3.8) is 0 Å². The summed E-state index contributed by atoms with van der Waals surface area (Å²) < 4.78 is 0. The fourth-order valence-corrected chi connectivity index (χ4v) is 3.12. The highest BCUT2D eigenvalue weighted by atomic mass is 15.3. The van der Waals surface area contributed by atoms with Crippen LogP contribution in [0.15, 0.2) is 0 Å². The van der Waals surface area contributed by atoms with Crippen molar-refractivity contribution in [2.24, 2.45) is 5.92 Å². The van der Waals surface area contributed by atoms with Crippen LogP contribution >= 0.6 is 0 Å². The van der Waals surface area contributed by atoms with Gasteiger partial charge >= 0.3 is 0 Å². The molecule has 3 aliphatic rings. The molecule has 2 aliphatic heterocycles. The highest BCUT2D eigenvalue weighted by Crippen LogP contribution is 2.27. The topological polar surface area (TPSA) is 18.5 Å². The van der Waals surface area contributed by atoms with Crippen molar-refractivity contribution in [3.8, 4) is 0 Å². The lowest BCUT2D eigenvalue weighted by Crippen LogP contribution is -2.47. The molecule has 1 saturated carbocycles. The molecule has 1 unspecified atom stereocenters. The van der Waals surface area contributed by atoms with Crippen LogP contribution in [-0.2, 0) is 0 Å². The molecule has 2 heterocycles. The molecule has 2 saturated heterocycles. The maximum Gasteiger partial charge on any atom is 0.0113 e. The Morgan fingerprint density at radius 2 is 1.81 bits per heavy atom. The van der Waals surface area contributed by atoms with Crippen LogP contribution in [0.25, 0.3) is 0 Å². The fourth-order valence-electron chi connectivity index (χ4n) is 3.12. The molecule has 16 heavy (non-hydrogen) atoms. The Morgan fingerprint density at radius 3 is 2.44 bits per heavy atom. The minimum absolute atomic E-state index is 0.960. The summed E-state index contributed by atoms with van der Waals surface area (Å²) in [5.74, 6) is 0.960. The number of piperazine rings is 1. The van der Waals surface area contributed by atoms with Gasteiger partial charge in [-0.3, -0.25) is 4.90 Å². The first-order chi connectivity index (χ1) is 7.92. The second kappa shape index (κ2) is 5.03. The Bertz CT molecular complexity index is 213. The Kier molecular flexibility index (Phi) is 3.46. The molecule has 0 aromatic rings. The molecule has 3 heteroatoms. The van der Waals surface area contributed by atoms with Gasteiger partial charge in [0.05, 0.1) is 0 Å². The summed E-state index contributed by atoms with van der Waals surface area (Å²) in [5, 5.41) is 3.46. The molecule has 3 nitrogen and oxygen atoms in total. The van der Waals surface area contributed by atoms with Crippen LogP contribution in [0, 0.1) is 5.92 Å². The highest BCUT2D eigenvalue weighted by Gasteiger charge is 2.31. The van der Waals surface area contributed by atoms with Gasteiger partial charge in [0.15, 0.2) is 0 Å². The average molecular weight is 223 g/mol. The summed E-state index contributed by atoms with van der Waals surface area (Å²) in [4.78, 5) is 5.38. The Hall–Kier alpha value is -0.120. The second-order valence-corrected chi connectivity index (χ2v) is 5.76. The number of rotatable bonds is 4. The van der Waals surface area contributed by atoms with Crippen molar-refractivity contribution in [2.75, 3.05) is 45.8 Å². The van der Waals surface area contributed by atoms with E-state index in [0.717, 1.165) is 12.0 Å². The average Bonchev–Trinajstić information content (AvgIpc) is 3.05. The molecule has 0 radical (unpaired) electrons. The van der Waals surface area contributed by atoms with E-state index in [1.165, 1.54) is 71.5 Å². The SMILES string of the molecule is C1CC(CCN2CCN(C3CC3)CC2)CN1. The predicted molar refractivity (Wildman–Crippen MR) is 66.6 cm³/mol. The number of hydrogen-bond donors (Lipinski definition) is 1. The van der Waals surface area contributed by atoms with Crippen LogP contribution in [-0.4, -0.2) is 61.7 Å². The van der Waals surface area contributed by atoms with E-state index in [0.29, 0.717) is 0 Å². The van der Waals surface area contributed by atoms with Crippen LogP contribution in [0.2, 0.25) is 0 Å². The van der Waals surface area contributed by atoms with Gasteiger partial charge in [-0.15, -0.1) is 0 Å². The largest absolute Gasteiger partial charge is 0.316 e. The van der Waals surface area contributed by atoms with Gasteiger partial charge in [0.25, 0.3) is 0 Å². The molecule has 92 valence electrons. The normalized spacial score (nSPS) is 33.4. The first-order valence-electron chi connectivity index (χ1n) is 7.09. The lowest BCUT2D eigenvalue weighted by molar-refractivity contribution is 0.122. The molecule has 3 rings (SSSR count). The zero-order valence-electron chi connectivity index (χ0n) is 10.3. The molecule has 0 aromatic heterocycles. The monoisotopic (exact) mass is 223 g/mol. The minimum atomic E-state index is 0.960. The first kappa shape index (κ1) is 11.0. The third-order valence-electron chi connectivity index (χ3n) is 4.49. The van der Waals surface area contributed by atoms with Crippen LogP contribution < -0.4 is 5.32 Å². The molecular formula is C13H25N3. The van der Waals surface area contributed by atoms with E-state index in [2.05, 4.69) is 15.1 Å². The standard InChI is InChI=1S/C13H25N3/c1-2-13(1)16-9-7-15(8-10-16)6-4-12-3-5-14-11-12/h12-14H,1-11H2. The van der Waals surface area contributed by atoms with Gasteiger partial charge in [0.1, 0.15) is 0 Å². The van der Waals surface area contributed by atoms with Crippen molar-refractivity contribution in [3.05, 3.63) is 0 Å². The number of nitrogens with one attached hydrogen (secondary N) is 1. The van der Waals surface area contributed by atoms with Crippen molar-refractivity contribution < 1.29 is 0 Å². The third-order valence-corrected chi connectivity index (χ3v) is 4.49. The fraction of sp³-hybridized carbons (Fsp3) is 1.00. The van der Waals surface area contributed by atoms with E-state index in [-0.39, 0.29) is 0 Å². The lowest BCUT2D eigenvalue weighted by atomic mass is 10.0. The zero-order chi connectivity index (χ0) is 10.8. The molecule has 3 fully saturated rings. The maximum atomic E-state index is 3.46. The maximum absolute atomic E-state index is 3.46. The molecular weight excluding hydrogens is 198 g/mol. The van der Waals surface area contributed by atoms with Crippen molar-refractivity contribution >= 4 is 0 Å². The summed E-state index contributed by atoms with van der Waals surface area (Å²) in [5.41, 5.74) is 0. The van der Waals surface area contributed by atoms with Gasteiger partial charge in [-0.25, -0.2) is 0 Å². The molecule has 0 spiro atoms. The summed E-state index contributed by atoms with van der Waals surface area (Å²) in [6.07, 6.45) is 5.75. The minimum Gasteiger partial charge on any atom is -0.316 e. The van der Waals surface area contributed by atoms with Gasteiger partial charge in [0, 0.05) is 32.2 Å². The second-order valence-electron chi connectivity index (χ2n) is 5.76. The van der Waals surface area contributed by atoms with E-state index < -0.39 is 0 Å². The summed E-state index contributed by atoms with van der Waals surface area (Å²) in [6.45, 7) is 9.14. The van der Waals surface area contributed by atoms with Gasteiger partial charge < -0.3 is 10.2 Å². The van der Waals surface area contributed by atoms with Crippen LogP contribution in [0.5, 0.6) is 0 Å². The van der Waals surface area contributed by atoms with Crippen LogP contribution in [0.3, 0.4) is 0 Å². The quantitative estimate of drug-likeness (QED) is 0.759. The van der Waals surface area contributed by atoms with Crippen molar-refractivity contribution in [2.45, 2.75) is 31.7 Å². The molecule has 0 bridgehead atoms. The Labute approximate surface area is 99.2 Å². The van der Waals surface area contributed by atoms with E-state index >= 15 is 0 Å². The van der Waals surface area contributed by atoms with E-state index in [1.807, 2.05) is 0 Å². The van der Waals surface area contributed by atoms with Gasteiger partial charge in [0.2, 0.25) is 0 Å². The zero-order valence-corrected chi connectivity index (χ0v) is 10.3. The van der Waals surface area contributed by atoms with Gasteiger partial charge in [-0.1, -0.05) is 0 Å². The van der Waals surface area contributed by atoms with E-state index in [4.69, 9.17) is 0 Å². The van der Waals surface area contributed by atoms with Crippen LogP contribution in [0.4, 0.5) is 0 Å². The smallest absolute Gasteiger partial charge is 0.0113 e.